The summed E-state index contributed by atoms with van der Waals surface area (Å²) in [5, 5.41) is 18.8. The van der Waals surface area contributed by atoms with Crippen LogP contribution in [0.4, 0.5) is 4.79 Å². The monoisotopic (exact) mass is 296 g/mol. The Hall–Kier alpha value is -1.56. The first-order chi connectivity index (χ1) is 9.56. The maximum absolute atomic E-state index is 11.9. The van der Waals surface area contributed by atoms with Gasteiger partial charge in [0.1, 0.15) is 0 Å². The molecule has 1 aliphatic carbocycles. The minimum atomic E-state index is -0.820. The standard InChI is InChI=1S/C14H20N2O3S/c1-9(7-10-5-6-20-8-10)15-14(19)16-12-4-2-3-11(12)13(17)18/h5-6,8-9,11-12H,2-4,7H2,1H3,(H,17,18)(H2,15,16,19). The van der Waals surface area contributed by atoms with Crippen LogP contribution in [-0.2, 0) is 11.2 Å². The number of thiophene rings is 1. The second-order valence-corrected chi connectivity index (χ2v) is 6.12. The summed E-state index contributed by atoms with van der Waals surface area (Å²) in [6.45, 7) is 1.95. The molecule has 1 heterocycles. The van der Waals surface area contributed by atoms with E-state index >= 15 is 0 Å². The van der Waals surface area contributed by atoms with Crippen LogP contribution in [0, 0.1) is 5.92 Å². The molecule has 3 atom stereocenters. The maximum atomic E-state index is 11.9. The van der Waals surface area contributed by atoms with Crippen molar-refractivity contribution in [1.82, 2.24) is 10.6 Å². The Morgan fingerprint density at radius 1 is 1.50 bits per heavy atom. The van der Waals surface area contributed by atoms with Gasteiger partial charge in [-0.2, -0.15) is 11.3 Å². The van der Waals surface area contributed by atoms with E-state index in [4.69, 9.17) is 5.11 Å². The van der Waals surface area contributed by atoms with Crippen LogP contribution < -0.4 is 10.6 Å². The quantitative estimate of drug-likeness (QED) is 0.779. The van der Waals surface area contributed by atoms with Gasteiger partial charge in [-0.05, 0) is 48.6 Å². The van der Waals surface area contributed by atoms with Gasteiger partial charge in [-0.1, -0.05) is 6.42 Å². The van der Waals surface area contributed by atoms with Gasteiger partial charge >= 0.3 is 12.0 Å². The highest BCUT2D eigenvalue weighted by molar-refractivity contribution is 7.07. The van der Waals surface area contributed by atoms with Gasteiger partial charge in [0.05, 0.1) is 5.92 Å². The average Bonchev–Trinajstić information content (AvgIpc) is 2.99. The molecule has 0 bridgehead atoms. The molecule has 1 aromatic heterocycles. The van der Waals surface area contributed by atoms with E-state index < -0.39 is 11.9 Å². The smallest absolute Gasteiger partial charge is 0.315 e. The van der Waals surface area contributed by atoms with E-state index in [1.165, 1.54) is 5.56 Å². The molecule has 0 aromatic carbocycles. The lowest BCUT2D eigenvalue weighted by molar-refractivity contribution is -0.142. The molecule has 6 heteroatoms. The number of aliphatic carboxylic acids is 1. The number of carbonyl (C=O) groups is 2. The van der Waals surface area contributed by atoms with E-state index in [-0.39, 0.29) is 18.1 Å². The lowest BCUT2D eigenvalue weighted by Crippen LogP contribution is -2.48. The number of amides is 2. The number of hydrogen-bond acceptors (Lipinski definition) is 3. The van der Waals surface area contributed by atoms with Crippen molar-refractivity contribution in [1.29, 1.82) is 0 Å². The third-order valence-electron chi connectivity index (χ3n) is 3.65. The minimum Gasteiger partial charge on any atom is -0.481 e. The number of nitrogens with one attached hydrogen (secondary N) is 2. The molecule has 3 N–H and O–H groups in total. The van der Waals surface area contributed by atoms with Crippen molar-refractivity contribution in [3.8, 4) is 0 Å². The summed E-state index contributed by atoms with van der Waals surface area (Å²) in [6.07, 6.45) is 3.02. The van der Waals surface area contributed by atoms with Crippen molar-refractivity contribution in [2.75, 3.05) is 0 Å². The number of hydrogen-bond donors (Lipinski definition) is 3. The summed E-state index contributed by atoms with van der Waals surface area (Å²) in [4.78, 5) is 23.0. The molecule has 1 aliphatic rings. The first-order valence-corrected chi connectivity index (χ1v) is 7.81. The van der Waals surface area contributed by atoms with Crippen molar-refractivity contribution in [2.24, 2.45) is 5.92 Å². The Bertz CT molecular complexity index is 461. The van der Waals surface area contributed by atoms with E-state index in [2.05, 4.69) is 16.0 Å². The Morgan fingerprint density at radius 2 is 2.30 bits per heavy atom. The summed E-state index contributed by atoms with van der Waals surface area (Å²) < 4.78 is 0. The summed E-state index contributed by atoms with van der Waals surface area (Å²) in [5.41, 5.74) is 1.20. The van der Waals surface area contributed by atoms with Crippen molar-refractivity contribution in [3.05, 3.63) is 22.4 Å². The molecule has 1 saturated carbocycles. The van der Waals surface area contributed by atoms with Gasteiger partial charge in [0, 0.05) is 12.1 Å². The lowest BCUT2D eigenvalue weighted by Gasteiger charge is -2.20. The first-order valence-electron chi connectivity index (χ1n) is 6.87. The van der Waals surface area contributed by atoms with Crippen LogP contribution in [0.15, 0.2) is 16.8 Å². The van der Waals surface area contributed by atoms with Crippen LogP contribution in [0.2, 0.25) is 0 Å². The molecule has 1 aromatic rings. The number of carbonyl (C=O) groups excluding carboxylic acids is 1. The SMILES string of the molecule is CC(Cc1ccsc1)NC(=O)NC1CCCC1C(=O)O. The van der Waals surface area contributed by atoms with Crippen LogP contribution in [0.1, 0.15) is 31.7 Å². The summed E-state index contributed by atoms with van der Waals surface area (Å²) in [7, 11) is 0. The molecular weight excluding hydrogens is 276 g/mol. The first kappa shape index (κ1) is 14.8. The highest BCUT2D eigenvalue weighted by Gasteiger charge is 2.33. The molecule has 0 aliphatic heterocycles. The zero-order valence-corrected chi connectivity index (χ0v) is 12.3. The van der Waals surface area contributed by atoms with Crippen LogP contribution in [0.25, 0.3) is 0 Å². The lowest BCUT2D eigenvalue weighted by atomic mass is 10.0. The van der Waals surface area contributed by atoms with Gasteiger partial charge in [0.25, 0.3) is 0 Å². The van der Waals surface area contributed by atoms with Crippen molar-refractivity contribution in [2.45, 2.75) is 44.7 Å². The fourth-order valence-electron chi connectivity index (χ4n) is 2.68. The number of rotatable bonds is 5. The second-order valence-electron chi connectivity index (χ2n) is 5.34. The Kier molecular flexibility index (Phi) is 5.00. The molecule has 0 radical (unpaired) electrons. The molecule has 2 rings (SSSR count). The van der Waals surface area contributed by atoms with E-state index in [9.17, 15) is 9.59 Å². The van der Waals surface area contributed by atoms with E-state index in [0.717, 1.165) is 19.3 Å². The molecule has 5 nitrogen and oxygen atoms in total. The predicted molar refractivity (Wildman–Crippen MR) is 77.9 cm³/mol. The third kappa shape index (κ3) is 3.96. The normalized spacial score (nSPS) is 23.2. The van der Waals surface area contributed by atoms with E-state index in [0.29, 0.717) is 6.42 Å². The largest absolute Gasteiger partial charge is 0.481 e. The predicted octanol–water partition coefficient (Wildman–Crippen LogP) is 2.23. The molecule has 110 valence electrons. The molecule has 1 fully saturated rings. The van der Waals surface area contributed by atoms with Crippen LogP contribution in [0.5, 0.6) is 0 Å². The van der Waals surface area contributed by atoms with Crippen LogP contribution >= 0.6 is 11.3 Å². The Morgan fingerprint density at radius 3 is 2.95 bits per heavy atom. The molecule has 0 spiro atoms. The highest BCUT2D eigenvalue weighted by atomic mass is 32.1. The zero-order valence-electron chi connectivity index (χ0n) is 11.5. The van der Waals surface area contributed by atoms with Gasteiger partial charge in [-0.25, -0.2) is 4.79 Å². The van der Waals surface area contributed by atoms with Gasteiger partial charge in [-0.3, -0.25) is 4.79 Å². The van der Waals surface area contributed by atoms with Crippen molar-refractivity contribution in [3.63, 3.8) is 0 Å². The molecule has 0 saturated heterocycles. The summed E-state index contributed by atoms with van der Waals surface area (Å²) in [6, 6.07) is 1.54. The zero-order chi connectivity index (χ0) is 14.5. The molecular formula is C14H20N2O3S. The van der Waals surface area contributed by atoms with Crippen LogP contribution in [0.3, 0.4) is 0 Å². The van der Waals surface area contributed by atoms with E-state index in [1.54, 1.807) is 11.3 Å². The second kappa shape index (κ2) is 6.74. The van der Waals surface area contributed by atoms with Gasteiger partial charge < -0.3 is 15.7 Å². The van der Waals surface area contributed by atoms with Gasteiger partial charge in [0.15, 0.2) is 0 Å². The number of urea groups is 1. The minimum absolute atomic E-state index is 0.0225. The maximum Gasteiger partial charge on any atom is 0.315 e. The summed E-state index contributed by atoms with van der Waals surface area (Å²) in [5.74, 6) is -1.27. The fourth-order valence-corrected chi connectivity index (χ4v) is 3.36. The molecule has 3 unspecified atom stereocenters. The Balaban J connectivity index is 1.78. The Labute approximate surface area is 122 Å². The van der Waals surface area contributed by atoms with Crippen LogP contribution in [-0.4, -0.2) is 29.2 Å². The third-order valence-corrected chi connectivity index (χ3v) is 4.38. The number of carboxylic acid groups (broad SMARTS) is 1. The fraction of sp³-hybridized carbons (Fsp3) is 0.571. The average molecular weight is 296 g/mol. The summed E-state index contributed by atoms with van der Waals surface area (Å²) >= 11 is 1.64. The number of carboxylic acids is 1. The van der Waals surface area contributed by atoms with Gasteiger partial charge in [-0.15, -0.1) is 0 Å². The topological polar surface area (TPSA) is 78.4 Å². The van der Waals surface area contributed by atoms with Crippen molar-refractivity contribution < 1.29 is 14.7 Å². The van der Waals surface area contributed by atoms with Gasteiger partial charge in [0.2, 0.25) is 0 Å². The molecule has 2 amide bonds. The van der Waals surface area contributed by atoms with E-state index in [1.807, 2.05) is 18.4 Å². The highest BCUT2D eigenvalue weighted by Crippen LogP contribution is 2.25. The molecule has 20 heavy (non-hydrogen) atoms. The van der Waals surface area contributed by atoms with Crippen molar-refractivity contribution >= 4 is 23.3 Å².